The van der Waals surface area contributed by atoms with Gasteiger partial charge in [-0.25, -0.2) is 4.79 Å². The number of carbonyl (C=O) groups excluding carboxylic acids is 1. The number of rotatable bonds is 5. The molecule has 3 aromatic rings. The van der Waals surface area contributed by atoms with Gasteiger partial charge in [0.15, 0.2) is 0 Å². The maximum absolute atomic E-state index is 13.5. The fourth-order valence-electron chi connectivity index (χ4n) is 3.64. The van der Waals surface area contributed by atoms with Crippen LogP contribution in [0, 0.1) is 18.3 Å². The van der Waals surface area contributed by atoms with Crippen LogP contribution in [-0.4, -0.2) is 22.2 Å². The standard InChI is InChI=1S/C25H20N2O3S/c1-16-3-2-4-21-23(16)31-22(13-17-9-11-20(12-10-17)25(29)30)24(28)27(21)15-19-7-5-18(14-26)6-8-19/h2-12,22H,13,15H2,1H3,(H,29,30). The maximum atomic E-state index is 13.5. The number of hydrogen-bond donors (Lipinski definition) is 1. The Kier molecular flexibility index (Phi) is 5.79. The lowest BCUT2D eigenvalue weighted by Gasteiger charge is -2.34. The zero-order valence-electron chi connectivity index (χ0n) is 16.9. The van der Waals surface area contributed by atoms with Crippen LogP contribution < -0.4 is 4.90 Å². The lowest BCUT2D eigenvalue weighted by Crippen LogP contribution is -2.41. The smallest absolute Gasteiger partial charge is 0.335 e. The molecule has 0 radical (unpaired) electrons. The van der Waals surface area contributed by atoms with Gasteiger partial charge < -0.3 is 10.0 Å². The normalized spacial score (nSPS) is 15.3. The molecule has 1 atom stereocenters. The van der Waals surface area contributed by atoms with Crippen molar-refractivity contribution >= 4 is 29.3 Å². The number of carbonyl (C=O) groups is 2. The van der Waals surface area contributed by atoms with Crippen molar-refractivity contribution in [3.63, 3.8) is 0 Å². The Morgan fingerprint density at radius 1 is 1.06 bits per heavy atom. The number of benzene rings is 3. The molecule has 1 N–H and O–H groups in total. The van der Waals surface area contributed by atoms with E-state index in [1.54, 1.807) is 48.2 Å². The average Bonchev–Trinajstić information content (AvgIpc) is 2.78. The van der Waals surface area contributed by atoms with Crippen LogP contribution >= 0.6 is 11.8 Å². The van der Waals surface area contributed by atoms with E-state index >= 15 is 0 Å². The number of carboxylic acid groups (broad SMARTS) is 1. The average molecular weight is 429 g/mol. The highest BCUT2D eigenvalue weighted by Crippen LogP contribution is 2.42. The summed E-state index contributed by atoms with van der Waals surface area (Å²) in [5.74, 6) is -0.942. The van der Waals surface area contributed by atoms with E-state index in [9.17, 15) is 9.59 Å². The van der Waals surface area contributed by atoms with E-state index in [-0.39, 0.29) is 16.7 Å². The molecule has 0 saturated heterocycles. The number of nitriles is 1. The van der Waals surface area contributed by atoms with Gasteiger partial charge in [-0.3, -0.25) is 4.79 Å². The Morgan fingerprint density at radius 3 is 2.39 bits per heavy atom. The second-order valence-electron chi connectivity index (χ2n) is 7.47. The van der Waals surface area contributed by atoms with Gasteiger partial charge in [0.2, 0.25) is 5.91 Å². The van der Waals surface area contributed by atoms with Gasteiger partial charge in [0.1, 0.15) is 0 Å². The molecule has 0 fully saturated rings. The van der Waals surface area contributed by atoms with E-state index in [1.807, 2.05) is 42.2 Å². The van der Waals surface area contributed by atoms with E-state index < -0.39 is 5.97 Å². The van der Waals surface area contributed by atoms with Gasteiger partial charge in [0.25, 0.3) is 0 Å². The van der Waals surface area contributed by atoms with Crippen LogP contribution in [0.1, 0.15) is 32.6 Å². The lowest BCUT2D eigenvalue weighted by atomic mass is 10.0. The summed E-state index contributed by atoms with van der Waals surface area (Å²) in [5.41, 5.74) is 4.71. The quantitative estimate of drug-likeness (QED) is 0.630. The molecule has 1 amide bonds. The van der Waals surface area contributed by atoms with Gasteiger partial charge in [-0.1, -0.05) is 36.4 Å². The molecule has 1 unspecified atom stereocenters. The first-order valence-corrected chi connectivity index (χ1v) is 10.7. The highest BCUT2D eigenvalue weighted by Gasteiger charge is 2.34. The number of anilines is 1. The molecular formula is C25H20N2O3S. The highest BCUT2D eigenvalue weighted by atomic mass is 32.2. The first kappa shape index (κ1) is 20.7. The van der Waals surface area contributed by atoms with Gasteiger partial charge in [-0.2, -0.15) is 5.26 Å². The van der Waals surface area contributed by atoms with Gasteiger partial charge in [0, 0.05) is 4.90 Å². The largest absolute Gasteiger partial charge is 0.478 e. The predicted molar refractivity (Wildman–Crippen MR) is 120 cm³/mol. The topological polar surface area (TPSA) is 81.4 Å². The van der Waals surface area contributed by atoms with Gasteiger partial charge in [-0.05, 0) is 60.4 Å². The van der Waals surface area contributed by atoms with Crippen molar-refractivity contribution in [3.8, 4) is 6.07 Å². The summed E-state index contributed by atoms with van der Waals surface area (Å²) in [4.78, 5) is 27.5. The van der Waals surface area contributed by atoms with Gasteiger partial charge >= 0.3 is 5.97 Å². The lowest BCUT2D eigenvalue weighted by molar-refractivity contribution is -0.118. The number of aromatic carboxylic acids is 1. The van der Waals surface area contributed by atoms with Crippen LogP contribution in [0.2, 0.25) is 0 Å². The second kappa shape index (κ2) is 8.66. The van der Waals surface area contributed by atoms with Crippen molar-refractivity contribution in [2.75, 3.05) is 4.90 Å². The number of nitrogens with zero attached hydrogens (tertiary/aromatic N) is 2. The van der Waals surface area contributed by atoms with Crippen LogP contribution in [0.15, 0.2) is 71.6 Å². The number of aryl methyl sites for hydroxylation is 1. The predicted octanol–water partition coefficient (Wildman–Crippen LogP) is 4.82. The monoisotopic (exact) mass is 428 g/mol. The second-order valence-corrected chi connectivity index (χ2v) is 8.68. The molecule has 1 aliphatic rings. The first-order chi connectivity index (χ1) is 15.0. The molecule has 6 heteroatoms. The summed E-state index contributed by atoms with van der Waals surface area (Å²) in [6.07, 6.45) is 0.515. The van der Waals surface area contributed by atoms with Crippen molar-refractivity contribution in [1.82, 2.24) is 0 Å². The summed E-state index contributed by atoms with van der Waals surface area (Å²) in [5, 5.41) is 17.8. The Hall–Kier alpha value is -3.56. The number of hydrogen-bond acceptors (Lipinski definition) is 4. The molecule has 1 heterocycles. The molecule has 0 aromatic heterocycles. The molecule has 31 heavy (non-hydrogen) atoms. The zero-order chi connectivity index (χ0) is 22.0. The summed E-state index contributed by atoms with van der Waals surface area (Å²) < 4.78 is 0. The minimum atomic E-state index is -0.965. The fourth-order valence-corrected chi connectivity index (χ4v) is 4.99. The third kappa shape index (κ3) is 4.32. The summed E-state index contributed by atoms with van der Waals surface area (Å²) in [7, 11) is 0. The van der Waals surface area contributed by atoms with Crippen molar-refractivity contribution in [3.05, 3.63) is 94.5 Å². The minimum absolute atomic E-state index is 0.0229. The number of carboxylic acids is 1. The number of fused-ring (bicyclic) bond motifs is 1. The molecule has 3 aromatic carbocycles. The third-order valence-electron chi connectivity index (χ3n) is 5.33. The maximum Gasteiger partial charge on any atom is 0.335 e. The molecule has 0 aliphatic carbocycles. The highest BCUT2D eigenvalue weighted by molar-refractivity contribution is 8.01. The minimum Gasteiger partial charge on any atom is -0.478 e. The molecule has 0 saturated carbocycles. The number of thioether (sulfide) groups is 1. The van der Waals surface area contributed by atoms with E-state index in [0.29, 0.717) is 18.5 Å². The van der Waals surface area contributed by atoms with E-state index in [1.165, 1.54) is 0 Å². The van der Waals surface area contributed by atoms with Crippen LogP contribution in [0.25, 0.3) is 0 Å². The van der Waals surface area contributed by atoms with Crippen LogP contribution in [0.5, 0.6) is 0 Å². The van der Waals surface area contributed by atoms with Crippen LogP contribution in [0.4, 0.5) is 5.69 Å². The van der Waals surface area contributed by atoms with Crippen molar-refractivity contribution < 1.29 is 14.7 Å². The van der Waals surface area contributed by atoms with Crippen molar-refractivity contribution in [1.29, 1.82) is 5.26 Å². The summed E-state index contributed by atoms with van der Waals surface area (Å²) in [6, 6.07) is 22.1. The molecule has 4 rings (SSSR count). The summed E-state index contributed by atoms with van der Waals surface area (Å²) in [6.45, 7) is 2.47. The number of amides is 1. The van der Waals surface area contributed by atoms with E-state index in [4.69, 9.17) is 10.4 Å². The molecule has 1 aliphatic heterocycles. The molecule has 0 spiro atoms. The Morgan fingerprint density at radius 2 is 1.74 bits per heavy atom. The zero-order valence-corrected chi connectivity index (χ0v) is 17.7. The SMILES string of the molecule is Cc1cccc2c1SC(Cc1ccc(C(=O)O)cc1)C(=O)N2Cc1ccc(C#N)cc1. The van der Waals surface area contributed by atoms with Crippen LogP contribution in [0.3, 0.4) is 0 Å². The third-order valence-corrected chi connectivity index (χ3v) is 6.75. The van der Waals surface area contributed by atoms with Crippen molar-refractivity contribution in [2.24, 2.45) is 0 Å². The van der Waals surface area contributed by atoms with E-state index in [0.717, 1.165) is 27.3 Å². The Balaban J connectivity index is 1.64. The molecule has 5 nitrogen and oxygen atoms in total. The first-order valence-electron chi connectivity index (χ1n) is 9.85. The molecule has 154 valence electrons. The van der Waals surface area contributed by atoms with E-state index in [2.05, 4.69) is 6.07 Å². The Bertz CT molecular complexity index is 1180. The Labute approximate surface area is 184 Å². The fraction of sp³-hybridized carbons (Fsp3) is 0.160. The summed E-state index contributed by atoms with van der Waals surface area (Å²) >= 11 is 1.57. The van der Waals surface area contributed by atoms with Gasteiger partial charge in [0.05, 0.1) is 34.7 Å². The van der Waals surface area contributed by atoms with Crippen LogP contribution in [-0.2, 0) is 17.8 Å². The molecule has 0 bridgehead atoms. The molecular weight excluding hydrogens is 408 g/mol. The van der Waals surface area contributed by atoms with Gasteiger partial charge in [-0.15, -0.1) is 11.8 Å². The van der Waals surface area contributed by atoms with Crippen molar-refractivity contribution in [2.45, 2.75) is 30.0 Å².